The van der Waals surface area contributed by atoms with E-state index in [9.17, 15) is 14.7 Å². The van der Waals surface area contributed by atoms with Crippen LogP contribution in [0.1, 0.15) is 18.9 Å². The molecule has 5 nitrogen and oxygen atoms in total. The number of alkyl carbamates (subject to hydrolysis) is 1. The van der Waals surface area contributed by atoms with E-state index in [1.807, 2.05) is 30.3 Å². The molecule has 0 bridgehead atoms. The fourth-order valence-electron chi connectivity index (χ4n) is 1.73. The molecule has 0 aliphatic rings. The van der Waals surface area contributed by atoms with Crippen molar-refractivity contribution >= 4 is 12.1 Å². The van der Waals surface area contributed by atoms with Crippen molar-refractivity contribution in [1.29, 1.82) is 0 Å². The number of carboxylic acids is 1. The van der Waals surface area contributed by atoms with E-state index in [4.69, 9.17) is 0 Å². The van der Waals surface area contributed by atoms with Crippen LogP contribution in [0.4, 0.5) is 4.79 Å². The minimum absolute atomic E-state index is 0.217. The molecule has 1 unspecified atom stereocenters. The summed E-state index contributed by atoms with van der Waals surface area (Å²) in [7, 11) is 1.21. The molecule has 5 heteroatoms. The monoisotopic (exact) mass is 251 g/mol. The van der Waals surface area contributed by atoms with Crippen LogP contribution in [0.3, 0.4) is 0 Å². The number of hydrogen-bond acceptors (Lipinski definition) is 3. The van der Waals surface area contributed by atoms with E-state index in [0.29, 0.717) is 0 Å². The molecule has 1 atom stereocenters. The van der Waals surface area contributed by atoms with Crippen LogP contribution in [-0.2, 0) is 16.0 Å². The Bertz CT molecular complexity index is 418. The van der Waals surface area contributed by atoms with Gasteiger partial charge in [-0.15, -0.1) is 0 Å². The molecule has 0 aliphatic carbocycles. The molecule has 1 aromatic rings. The Morgan fingerprint density at radius 1 is 1.33 bits per heavy atom. The minimum Gasteiger partial charge on any atom is -0.479 e. The number of ether oxygens (including phenoxy) is 1. The summed E-state index contributed by atoms with van der Waals surface area (Å²) in [5.74, 6) is -1.07. The molecule has 1 amide bonds. The van der Waals surface area contributed by atoms with Crippen LogP contribution >= 0.6 is 0 Å². The van der Waals surface area contributed by atoms with Gasteiger partial charge in [0.15, 0.2) is 0 Å². The van der Waals surface area contributed by atoms with Gasteiger partial charge < -0.3 is 15.2 Å². The van der Waals surface area contributed by atoms with Crippen LogP contribution in [0, 0.1) is 0 Å². The SMILES string of the molecule is CCC(Cc1ccccc1)(NC(=O)OC)C(=O)O. The Morgan fingerprint density at radius 3 is 2.39 bits per heavy atom. The number of aliphatic carboxylic acids is 1. The first-order valence-electron chi connectivity index (χ1n) is 5.67. The zero-order chi connectivity index (χ0) is 13.6. The molecule has 1 aromatic carbocycles. The van der Waals surface area contributed by atoms with Gasteiger partial charge in [0, 0.05) is 6.42 Å². The first-order valence-corrected chi connectivity index (χ1v) is 5.67. The van der Waals surface area contributed by atoms with Crippen LogP contribution in [-0.4, -0.2) is 29.8 Å². The lowest BCUT2D eigenvalue weighted by atomic mass is 9.88. The molecule has 0 fully saturated rings. The van der Waals surface area contributed by atoms with Crippen molar-refractivity contribution in [3.63, 3.8) is 0 Å². The smallest absolute Gasteiger partial charge is 0.407 e. The third-order valence-corrected chi connectivity index (χ3v) is 2.89. The van der Waals surface area contributed by atoms with E-state index in [0.717, 1.165) is 5.56 Å². The molecule has 2 N–H and O–H groups in total. The van der Waals surface area contributed by atoms with Crippen LogP contribution in [0.2, 0.25) is 0 Å². The average Bonchev–Trinajstić information content (AvgIpc) is 2.38. The lowest BCUT2D eigenvalue weighted by Crippen LogP contribution is -2.55. The molecule has 1 rings (SSSR count). The second kappa shape index (κ2) is 6.05. The lowest BCUT2D eigenvalue weighted by molar-refractivity contribution is -0.144. The third kappa shape index (κ3) is 3.23. The zero-order valence-corrected chi connectivity index (χ0v) is 10.5. The summed E-state index contributed by atoms with van der Waals surface area (Å²) in [6, 6.07) is 9.16. The molecule has 0 heterocycles. The molecule has 0 saturated carbocycles. The van der Waals surface area contributed by atoms with Gasteiger partial charge in [0.2, 0.25) is 0 Å². The second-order valence-electron chi connectivity index (χ2n) is 4.02. The van der Waals surface area contributed by atoms with E-state index >= 15 is 0 Å². The standard InChI is InChI=1S/C13H17NO4/c1-3-13(11(15)16,14-12(17)18-2)9-10-7-5-4-6-8-10/h4-8H,3,9H2,1-2H3,(H,14,17)(H,15,16). The van der Waals surface area contributed by atoms with Gasteiger partial charge in [-0.05, 0) is 12.0 Å². The van der Waals surface area contributed by atoms with Crippen molar-refractivity contribution in [2.24, 2.45) is 0 Å². The normalized spacial score (nSPS) is 13.4. The summed E-state index contributed by atoms with van der Waals surface area (Å²) >= 11 is 0. The maximum absolute atomic E-state index is 11.4. The predicted octanol–water partition coefficient (Wildman–Crippen LogP) is 1.82. The third-order valence-electron chi connectivity index (χ3n) is 2.89. The predicted molar refractivity (Wildman–Crippen MR) is 66.3 cm³/mol. The van der Waals surface area contributed by atoms with E-state index in [2.05, 4.69) is 10.1 Å². The highest BCUT2D eigenvalue weighted by molar-refractivity contribution is 5.84. The van der Waals surface area contributed by atoms with Crippen molar-refractivity contribution in [1.82, 2.24) is 5.32 Å². The highest BCUT2D eigenvalue weighted by Crippen LogP contribution is 2.18. The van der Waals surface area contributed by atoms with Crippen LogP contribution in [0.5, 0.6) is 0 Å². The molecule has 0 radical (unpaired) electrons. The number of carboxylic acid groups (broad SMARTS) is 1. The van der Waals surface area contributed by atoms with Gasteiger partial charge >= 0.3 is 12.1 Å². The van der Waals surface area contributed by atoms with Gasteiger partial charge in [0.25, 0.3) is 0 Å². The number of hydrogen-bond donors (Lipinski definition) is 2. The maximum Gasteiger partial charge on any atom is 0.407 e. The highest BCUT2D eigenvalue weighted by atomic mass is 16.5. The Balaban J connectivity index is 2.97. The van der Waals surface area contributed by atoms with Gasteiger partial charge in [0.05, 0.1) is 7.11 Å². The largest absolute Gasteiger partial charge is 0.479 e. The summed E-state index contributed by atoms with van der Waals surface area (Å²) in [6.45, 7) is 1.72. The van der Waals surface area contributed by atoms with Crippen molar-refractivity contribution in [3.8, 4) is 0 Å². The van der Waals surface area contributed by atoms with E-state index in [1.54, 1.807) is 6.92 Å². The minimum atomic E-state index is -1.34. The molecular formula is C13H17NO4. The summed E-state index contributed by atoms with van der Waals surface area (Å²) in [4.78, 5) is 22.7. The van der Waals surface area contributed by atoms with Gasteiger partial charge in [-0.2, -0.15) is 0 Å². The molecule has 0 aliphatic heterocycles. The summed E-state index contributed by atoms with van der Waals surface area (Å²) in [5.41, 5.74) is -0.493. The van der Waals surface area contributed by atoms with E-state index < -0.39 is 17.6 Å². The Kier molecular flexibility index (Phi) is 4.71. The fraction of sp³-hybridized carbons (Fsp3) is 0.385. The highest BCUT2D eigenvalue weighted by Gasteiger charge is 2.38. The zero-order valence-electron chi connectivity index (χ0n) is 10.5. The maximum atomic E-state index is 11.4. The average molecular weight is 251 g/mol. The van der Waals surface area contributed by atoms with Gasteiger partial charge in [-0.1, -0.05) is 37.3 Å². The number of nitrogens with one attached hydrogen (secondary N) is 1. The van der Waals surface area contributed by atoms with Crippen molar-refractivity contribution in [2.75, 3.05) is 7.11 Å². The Labute approximate surface area is 106 Å². The first kappa shape index (κ1) is 14.0. The molecule has 18 heavy (non-hydrogen) atoms. The number of methoxy groups -OCH3 is 1. The van der Waals surface area contributed by atoms with Crippen molar-refractivity contribution < 1.29 is 19.4 Å². The molecule has 0 saturated heterocycles. The van der Waals surface area contributed by atoms with Crippen molar-refractivity contribution in [3.05, 3.63) is 35.9 Å². The quantitative estimate of drug-likeness (QED) is 0.837. The number of carbonyl (C=O) groups is 2. The Morgan fingerprint density at radius 2 is 1.94 bits per heavy atom. The van der Waals surface area contributed by atoms with Crippen molar-refractivity contribution in [2.45, 2.75) is 25.3 Å². The summed E-state index contributed by atoms with van der Waals surface area (Å²) in [5, 5.41) is 11.8. The summed E-state index contributed by atoms with van der Waals surface area (Å²) in [6.07, 6.45) is -0.253. The van der Waals surface area contributed by atoms with Crippen LogP contribution in [0.15, 0.2) is 30.3 Å². The van der Waals surface area contributed by atoms with Gasteiger partial charge in [-0.25, -0.2) is 9.59 Å². The molecule has 98 valence electrons. The Hall–Kier alpha value is -2.04. The molecule has 0 spiro atoms. The lowest BCUT2D eigenvalue weighted by Gasteiger charge is -2.28. The van der Waals surface area contributed by atoms with Gasteiger partial charge in [0.1, 0.15) is 5.54 Å². The molecular weight excluding hydrogens is 234 g/mol. The number of benzene rings is 1. The first-order chi connectivity index (χ1) is 8.54. The second-order valence-corrected chi connectivity index (χ2v) is 4.02. The van der Waals surface area contributed by atoms with E-state index in [-0.39, 0.29) is 12.8 Å². The van der Waals surface area contributed by atoms with Gasteiger partial charge in [-0.3, -0.25) is 0 Å². The molecule has 0 aromatic heterocycles. The fourth-order valence-corrected chi connectivity index (χ4v) is 1.73. The van der Waals surface area contributed by atoms with Crippen LogP contribution in [0.25, 0.3) is 0 Å². The van der Waals surface area contributed by atoms with Crippen LogP contribution < -0.4 is 5.32 Å². The topological polar surface area (TPSA) is 75.6 Å². The number of amides is 1. The van der Waals surface area contributed by atoms with E-state index in [1.165, 1.54) is 7.11 Å². The summed E-state index contributed by atoms with van der Waals surface area (Å²) < 4.78 is 4.48. The number of carbonyl (C=O) groups excluding carboxylic acids is 1. The number of rotatable bonds is 5.